The van der Waals surface area contributed by atoms with E-state index in [2.05, 4.69) is 10.2 Å². The fraction of sp³-hybridized carbons (Fsp3) is 0.667. The Balaban J connectivity index is 2.36. The van der Waals surface area contributed by atoms with Gasteiger partial charge in [0.05, 0.1) is 6.61 Å². The molecule has 0 unspecified atom stereocenters. The van der Waals surface area contributed by atoms with Gasteiger partial charge in [0.2, 0.25) is 0 Å². The van der Waals surface area contributed by atoms with Gasteiger partial charge in [-0.1, -0.05) is 0 Å². The van der Waals surface area contributed by atoms with E-state index in [1.807, 2.05) is 0 Å². The first-order chi connectivity index (χ1) is 8.07. The van der Waals surface area contributed by atoms with Crippen molar-refractivity contribution in [1.29, 1.82) is 0 Å². The van der Waals surface area contributed by atoms with Gasteiger partial charge < -0.3 is 5.11 Å². The third-order valence-corrected chi connectivity index (χ3v) is 5.56. The second-order valence-electron chi connectivity index (χ2n) is 3.81. The van der Waals surface area contributed by atoms with Crippen molar-refractivity contribution in [1.82, 2.24) is 14.5 Å². The molecule has 0 aliphatic carbocycles. The Hall–Kier alpha value is -0.570. The van der Waals surface area contributed by atoms with Gasteiger partial charge in [0.1, 0.15) is 0 Å². The Bertz CT molecular complexity index is 492. The van der Waals surface area contributed by atoms with Gasteiger partial charge in [0, 0.05) is 35.9 Å². The fourth-order valence-electron chi connectivity index (χ4n) is 1.74. The molecule has 0 amide bonds. The Morgan fingerprint density at radius 2 is 2.12 bits per heavy atom. The number of hydrogen-bond donors (Lipinski definition) is 2. The van der Waals surface area contributed by atoms with Crippen LogP contribution in [-0.2, 0) is 16.6 Å². The summed E-state index contributed by atoms with van der Waals surface area (Å²) in [6.07, 6.45) is 0. The van der Waals surface area contributed by atoms with Crippen LogP contribution in [0.25, 0.3) is 0 Å². The molecule has 96 valence electrons. The minimum atomic E-state index is -3.57. The quantitative estimate of drug-likeness (QED) is 0.809. The number of aromatic amines is 1. The number of hydrogen-bond acceptors (Lipinski definition) is 5. The largest absolute Gasteiger partial charge is 0.392 e. The van der Waals surface area contributed by atoms with Crippen molar-refractivity contribution in [3.63, 3.8) is 0 Å². The third-order valence-electron chi connectivity index (χ3n) is 2.75. The van der Waals surface area contributed by atoms with Crippen LogP contribution in [0.3, 0.4) is 0 Å². The highest BCUT2D eigenvalue weighted by Crippen LogP contribution is 2.22. The van der Waals surface area contributed by atoms with Crippen LogP contribution in [0.15, 0.2) is 5.03 Å². The van der Waals surface area contributed by atoms with E-state index in [0.717, 1.165) is 11.5 Å². The van der Waals surface area contributed by atoms with E-state index in [0.29, 0.717) is 24.3 Å². The number of nitrogens with one attached hydrogen (secondary N) is 1. The molecular formula is C9H15N3O3S2. The molecule has 0 bridgehead atoms. The van der Waals surface area contributed by atoms with E-state index in [1.165, 1.54) is 4.31 Å². The van der Waals surface area contributed by atoms with Gasteiger partial charge in [0.15, 0.2) is 5.03 Å². The smallest absolute Gasteiger partial charge is 0.262 e. The highest BCUT2D eigenvalue weighted by atomic mass is 32.2. The van der Waals surface area contributed by atoms with Gasteiger partial charge in [0.25, 0.3) is 10.0 Å². The minimum absolute atomic E-state index is 0.0376. The topological polar surface area (TPSA) is 86.3 Å². The van der Waals surface area contributed by atoms with E-state index in [1.54, 1.807) is 18.7 Å². The first-order valence-electron chi connectivity index (χ1n) is 5.30. The number of sulfonamides is 1. The third kappa shape index (κ3) is 2.35. The number of aromatic nitrogens is 2. The number of H-pyrrole nitrogens is 1. The summed E-state index contributed by atoms with van der Waals surface area (Å²) in [5.74, 6) is 1.61. The number of aliphatic hydroxyl groups excluding tert-OH is 1. The maximum atomic E-state index is 12.3. The van der Waals surface area contributed by atoms with Crippen LogP contribution in [-0.4, -0.2) is 52.6 Å². The van der Waals surface area contributed by atoms with Gasteiger partial charge in [-0.3, -0.25) is 5.10 Å². The average Bonchev–Trinajstić information content (AvgIpc) is 2.72. The molecule has 0 radical (unpaired) electrons. The predicted molar refractivity (Wildman–Crippen MR) is 65.3 cm³/mol. The van der Waals surface area contributed by atoms with Crippen molar-refractivity contribution in [3.8, 4) is 0 Å². The van der Waals surface area contributed by atoms with Crippen LogP contribution in [0.1, 0.15) is 11.3 Å². The summed E-state index contributed by atoms with van der Waals surface area (Å²) in [6.45, 7) is 2.39. The molecule has 1 fully saturated rings. The zero-order valence-corrected chi connectivity index (χ0v) is 11.1. The Labute approximate surface area is 104 Å². The van der Waals surface area contributed by atoms with E-state index in [-0.39, 0.29) is 11.6 Å². The first-order valence-corrected chi connectivity index (χ1v) is 7.89. The summed E-state index contributed by atoms with van der Waals surface area (Å²) < 4.78 is 26.0. The van der Waals surface area contributed by atoms with Crippen molar-refractivity contribution in [2.75, 3.05) is 24.6 Å². The molecule has 0 spiro atoms. The van der Waals surface area contributed by atoms with Crippen molar-refractivity contribution in [3.05, 3.63) is 11.3 Å². The standard InChI is InChI=1S/C9H15N3O3S2/c1-7-8(6-13)9(11-10-7)17(14,15)12-2-4-16-5-3-12/h13H,2-6H2,1H3,(H,10,11). The summed E-state index contributed by atoms with van der Waals surface area (Å²) in [7, 11) is -3.57. The zero-order chi connectivity index (χ0) is 12.5. The maximum absolute atomic E-state index is 12.3. The molecule has 1 saturated heterocycles. The van der Waals surface area contributed by atoms with Crippen LogP contribution >= 0.6 is 11.8 Å². The summed E-state index contributed by atoms with van der Waals surface area (Å²) in [4.78, 5) is 0. The summed E-state index contributed by atoms with van der Waals surface area (Å²) in [5, 5.41) is 15.6. The van der Waals surface area contributed by atoms with E-state index in [4.69, 9.17) is 0 Å². The van der Waals surface area contributed by atoms with Crippen LogP contribution in [0, 0.1) is 6.92 Å². The van der Waals surface area contributed by atoms with Crippen molar-refractivity contribution >= 4 is 21.8 Å². The minimum Gasteiger partial charge on any atom is -0.392 e. The molecule has 0 saturated carbocycles. The van der Waals surface area contributed by atoms with Crippen molar-refractivity contribution in [2.45, 2.75) is 18.6 Å². The normalized spacial score (nSPS) is 18.5. The summed E-state index contributed by atoms with van der Waals surface area (Å²) in [6, 6.07) is 0. The van der Waals surface area contributed by atoms with E-state index < -0.39 is 10.0 Å². The molecule has 1 aromatic heterocycles. The van der Waals surface area contributed by atoms with Crippen molar-refractivity contribution < 1.29 is 13.5 Å². The Morgan fingerprint density at radius 3 is 2.71 bits per heavy atom. The lowest BCUT2D eigenvalue weighted by atomic mass is 10.3. The molecular weight excluding hydrogens is 262 g/mol. The molecule has 6 nitrogen and oxygen atoms in total. The lowest BCUT2D eigenvalue weighted by Crippen LogP contribution is -2.38. The molecule has 0 atom stereocenters. The number of aryl methyl sites for hydroxylation is 1. The molecule has 2 rings (SSSR count). The molecule has 8 heteroatoms. The van der Waals surface area contributed by atoms with Gasteiger partial charge in [-0.15, -0.1) is 0 Å². The van der Waals surface area contributed by atoms with Crippen LogP contribution in [0.5, 0.6) is 0 Å². The molecule has 1 aliphatic rings. The molecule has 2 N–H and O–H groups in total. The molecule has 17 heavy (non-hydrogen) atoms. The van der Waals surface area contributed by atoms with Gasteiger partial charge in [-0.25, -0.2) is 8.42 Å². The van der Waals surface area contributed by atoms with Gasteiger partial charge in [-0.2, -0.15) is 21.2 Å². The SMILES string of the molecule is Cc1[nH]nc(S(=O)(=O)N2CCSCC2)c1CO. The average molecular weight is 277 g/mol. The zero-order valence-electron chi connectivity index (χ0n) is 9.51. The Morgan fingerprint density at radius 1 is 1.47 bits per heavy atom. The molecule has 1 aromatic rings. The fourth-order valence-corrected chi connectivity index (χ4v) is 4.47. The first kappa shape index (κ1) is 12.9. The van der Waals surface area contributed by atoms with Gasteiger partial charge >= 0.3 is 0 Å². The predicted octanol–water partition coefficient (Wildman–Crippen LogP) is -0.0521. The van der Waals surface area contributed by atoms with E-state index >= 15 is 0 Å². The van der Waals surface area contributed by atoms with Crippen LogP contribution < -0.4 is 0 Å². The molecule has 0 aromatic carbocycles. The van der Waals surface area contributed by atoms with Crippen LogP contribution in [0.4, 0.5) is 0 Å². The lowest BCUT2D eigenvalue weighted by molar-refractivity contribution is 0.277. The lowest BCUT2D eigenvalue weighted by Gasteiger charge is -2.24. The number of rotatable bonds is 3. The molecule has 2 heterocycles. The summed E-state index contributed by atoms with van der Waals surface area (Å²) in [5.41, 5.74) is 0.959. The second kappa shape index (κ2) is 4.97. The van der Waals surface area contributed by atoms with Crippen LogP contribution in [0.2, 0.25) is 0 Å². The number of thioether (sulfide) groups is 1. The number of aliphatic hydroxyl groups is 1. The Kier molecular flexibility index (Phi) is 3.76. The molecule has 1 aliphatic heterocycles. The van der Waals surface area contributed by atoms with Gasteiger partial charge in [-0.05, 0) is 6.92 Å². The highest BCUT2D eigenvalue weighted by molar-refractivity contribution is 7.99. The highest BCUT2D eigenvalue weighted by Gasteiger charge is 2.31. The van der Waals surface area contributed by atoms with E-state index in [9.17, 15) is 13.5 Å². The number of nitrogens with zero attached hydrogens (tertiary/aromatic N) is 2. The second-order valence-corrected chi connectivity index (χ2v) is 6.88. The van der Waals surface area contributed by atoms with Crippen molar-refractivity contribution in [2.24, 2.45) is 0 Å². The maximum Gasteiger partial charge on any atom is 0.262 e. The monoisotopic (exact) mass is 277 g/mol. The summed E-state index contributed by atoms with van der Waals surface area (Å²) >= 11 is 1.74.